The van der Waals surface area contributed by atoms with Crippen molar-refractivity contribution in [2.75, 3.05) is 11.8 Å². The number of hydrogen-bond donors (Lipinski definition) is 2. The van der Waals surface area contributed by atoms with Crippen LogP contribution in [0.4, 0.5) is 5.69 Å². The number of fused-ring (bicyclic) bond motifs is 1. The Morgan fingerprint density at radius 3 is 2.42 bits per heavy atom. The van der Waals surface area contributed by atoms with Gasteiger partial charge in [0.2, 0.25) is 5.88 Å². The Bertz CT molecular complexity index is 1330. The van der Waals surface area contributed by atoms with Gasteiger partial charge in [-0.1, -0.05) is 13.0 Å². The molecule has 0 unspecified atom stereocenters. The Morgan fingerprint density at radius 1 is 1.12 bits per heavy atom. The molecule has 0 radical (unpaired) electrons. The first-order chi connectivity index (χ1) is 15.4. The summed E-state index contributed by atoms with van der Waals surface area (Å²) >= 11 is 0. The van der Waals surface area contributed by atoms with Crippen LogP contribution in [0.3, 0.4) is 0 Å². The van der Waals surface area contributed by atoms with Gasteiger partial charge in [0.05, 0.1) is 34.2 Å². The van der Waals surface area contributed by atoms with E-state index in [-0.39, 0.29) is 33.9 Å². The van der Waals surface area contributed by atoms with Crippen LogP contribution < -0.4 is 14.3 Å². The minimum atomic E-state index is -3.97. The SMILES string of the molecule is CCC(=O)c1c(O)n(OC(=O)C(C)(C)C)c2cc(NS(=O)(=O)c3cccc(OC)c3)ccc12. The largest absolute Gasteiger partial charge is 0.497 e. The third kappa shape index (κ3) is 4.80. The second kappa shape index (κ2) is 8.78. The smallest absolute Gasteiger partial charge is 0.338 e. The normalized spacial score (nSPS) is 11.9. The predicted octanol–water partition coefficient (Wildman–Crippen LogP) is 3.75. The van der Waals surface area contributed by atoms with Crippen LogP contribution in [0.5, 0.6) is 11.6 Å². The summed E-state index contributed by atoms with van der Waals surface area (Å²) in [6.07, 6.45) is 0.115. The van der Waals surface area contributed by atoms with Gasteiger partial charge >= 0.3 is 5.97 Å². The number of Topliss-reactive ketones (excluding diaryl/α,β-unsaturated/α-hetero) is 1. The van der Waals surface area contributed by atoms with Crippen LogP contribution >= 0.6 is 0 Å². The van der Waals surface area contributed by atoms with Gasteiger partial charge in [-0.25, -0.2) is 13.2 Å². The van der Waals surface area contributed by atoms with E-state index in [4.69, 9.17) is 9.57 Å². The van der Waals surface area contributed by atoms with Gasteiger partial charge < -0.3 is 14.7 Å². The van der Waals surface area contributed by atoms with Gasteiger partial charge in [-0.2, -0.15) is 0 Å². The molecule has 0 aliphatic carbocycles. The molecule has 0 aliphatic rings. The zero-order valence-corrected chi connectivity index (χ0v) is 19.8. The Labute approximate surface area is 191 Å². The van der Waals surface area contributed by atoms with Gasteiger partial charge in [0.25, 0.3) is 10.0 Å². The number of rotatable bonds is 7. The Hall–Kier alpha value is -3.53. The maximum absolute atomic E-state index is 12.9. The van der Waals surface area contributed by atoms with E-state index in [0.717, 1.165) is 4.73 Å². The number of ketones is 1. The highest BCUT2D eigenvalue weighted by Gasteiger charge is 2.29. The van der Waals surface area contributed by atoms with Crippen LogP contribution in [-0.4, -0.2) is 37.1 Å². The molecule has 0 amide bonds. The second-order valence-corrected chi connectivity index (χ2v) is 10.1. The van der Waals surface area contributed by atoms with E-state index in [0.29, 0.717) is 11.1 Å². The van der Waals surface area contributed by atoms with Crippen molar-refractivity contribution in [2.45, 2.75) is 39.0 Å². The molecule has 2 N–H and O–H groups in total. The molecule has 0 saturated heterocycles. The Balaban J connectivity index is 2.11. The molecule has 3 rings (SSSR count). The lowest BCUT2D eigenvalue weighted by Crippen LogP contribution is -2.31. The average molecular weight is 475 g/mol. The minimum Gasteiger partial charge on any atom is -0.497 e. The minimum absolute atomic E-state index is 0.00332. The predicted molar refractivity (Wildman–Crippen MR) is 123 cm³/mol. The van der Waals surface area contributed by atoms with E-state index in [1.54, 1.807) is 39.8 Å². The molecule has 0 bridgehead atoms. The monoisotopic (exact) mass is 474 g/mol. The molecule has 2 aromatic carbocycles. The number of nitrogens with zero attached hydrogens (tertiary/aromatic N) is 1. The van der Waals surface area contributed by atoms with Crippen molar-refractivity contribution in [2.24, 2.45) is 5.41 Å². The summed E-state index contributed by atoms with van der Waals surface area (Å²) in [5.74, 6) is -1.15. The fourth-order valence-electron chi connectivity index (χ4n) is 3.06. The zero-order valence-electron chi connectivity index (χ0n) is 19.0. The van der Waals surface area contributed by atoms with Crippen LogP contribution in [0, 0.1) is 5.41 Å². The highest BCUT2D eigenvalue weighted by Crippen LogP contribution is 2.34. The standard InChI is InChI=1S/C23H26N2O7S/c1-6-19(26)20-17-11-10-14(24-33(29,30)16-9-7-8-15(13-16)31-5)12-18(17)25(21(20)27)32-22(28)23(2,3)4/h7-13,24,27H,6H2,1-5H3. The summed E-state index contributed by atoms with van der Waals surface area (Å²) < 4.78 is 34.1. The molecule has 9 nitrogen and oxygen atoms in total. The van der Waals surface area contributed by atoms with Crippen molar-refractivity contribution in [3.8, 4) is 11.6 Å². The molecule has 33 heavy (non-hydrogen) atoms. The maximum Gasteiger partial charge on any atom is 0.338 e. The van der Waals surface area contributed by atoms with E-state index >= 15 is 0 Å². The zero-order chi connectivity index (χ0) is 24.6. The molecule has 0 atom stereocenters. The maximum atomic E-state index is 12.9. The van der Waals surface area contributed by atoms with Crippen LogP contribution in [0.25, 0.3) is 10.9 Å². The fourth-order valence-corrected chi connectivity index (χ4v) is 4.14. The van der Waals surface area contributed by atoms with Gasteiger partial charge in [-0.3, -0.25) is 9.52 Å². The number of benzene rings is 2. The van der Waals surface area contributed by atoms with Gasteiger partial charge in [0.1, 0.15) is 5.75 Å². The molecule has 0 fully saturated rings. The Morgan fingerprint density at radius 2 is 1.82 bits per heavy atom. The van der Waals surface area contributed by atoms with E-state index in [1.165, 1.54) is 37.4 Å². The number of aromatic nitrogens is 1. The van der Waals surface area contributed by atoms with Crippen LogP contribution in [0.2, 0.25) is 0 Å². The van der Waals surface area contributed by atoms with E-state index < -0.39 is 27.3 Å². The number of ether oxygens (including phenoxy) is 1. The fraction of sp³-hybridized carbons (Fsp3) is 0.304. The topological polar surface area (TPSA) is 124 Å². The molecular formula is C23H26N2O7S. The van der Waals surface area contributed by atoms with Crippen molar-refractivity contribution < 1.29 is 32.7 Å². The first-order valence-electron chi connectivity index (χ1n) is 10.2. The Kier molecular flexibility index (Phi) is 6.42. The number of sulfonamides is 1. The van der Waals surface area contributed by atoms with Gasteiger partial charge in [0.15, 0.2) is 5.78 Å². The number of nitrogens with one attached hydrogen (secondary N) is 1. The third-order valence-corrected chi connectivity index (χ3v) is 6.27. The summed E-state index contributed by atoms with van der Waals surface area (Å²) in [6.45, 7) is 6.57. The number of methoxy groups -OCH3 is 1. The van der Waals surface area contributed by atoms with Crippen molar-refractivity contribution in [1.29, 1.82) is 0 Å². The van der Waals surface area contributed by atoms with E-state index in [2.05, 4.69) is 4.72 Å². The lowest BCUT2D eigenvalue weighted by atomic mass is 9.98. The van der Waals surface area contributed by atoms with E-state index in [1.807, 2.05) is 0 Å². The van der Waals surface area contributed by atoms with Gasteiger partial charge in [-0.15, -0.1) is 4.73 Å². The molecule has 0 aliphatic heterocycles. The second-order valence-electron chi connectivity index (χ2n) is 8.41. The summed E-state index contributed by atoms with van der Waals surface area (Å²) in [4.78, 5) is 30.3. The molecule has 10 heteroatoms. The highest BCUT2D eigenvalue weighted by molar-refractivity contribution is 7.92. The van der Waals surface area contributed by atoms with Crippen molar-refractivity contribution in [1.82, 2.24) is 4.73 Å². The van der Waals surface area contributed by atoms with Crippen molar-refractivity contribution >= 4 is 38.4 Å². The molecular weight excluding hydrogens is 448 g/mol. The highest BCUT2D eigenvalue weighted by atomic mass is 32.2. The van der Waals surface area contributed by atoms with Crippen molar-refractivity contribution in [3.63, 3.8) is 0 Å². The van der Waals surface area contributed by atoms with Gasteiger partial charge in [-0.05, 0) is 51.1 Å². The third-order valence-electron chi connectivity index (χ3n) is 4.89. The molecule has 3 aromatic rings. The molecule has 0 saturated carbocycles. The summed E-state index contributed by atoms with van der Waals surface area (Å²) in [7, 11) is -2.54. The van der Waals surface area contributed by atoms with Crippen molar-refractivity contribution in [3.05, 3.63) is 48.0 Å². The summed E-state index contributed by atoms with van der Waals surface area (Å²) in [5, 5.41) is 11.0. The summed E-state index contributed by atoms with van der Waals surface area (Å²) in [6, 6.07) is 10.3. The lowest BCUT2D eigenvalue weighted by Gasteiger charge is -2.17. The number of carbonyl (C=O) groups is 2. The summed E-state index contributed by atoms with van der Waals surface area (Å²) in [5.41, 5.74) is -0.584. The first-order valence-corrected chi connectivity index (χ1v) is 11.7. The number of carbonyl (C=O) groups excluding carboxylic acids is 2. The molecule has 176 valence electrons. The average Bonchev–Trinajstić information content (AvgIpc) is 3.03. The number of anilines is 1. The number of aromatic hydroxyl groups is 1. The quantitative estimate of drug-likeness (QED) is 0.500. The van der Waals surface area contributed by atoms with Crippen LogP contribution in [0.1, 0.15) is 44.5 Å². The molecule has 0 spiro atoms. The lowest BCUT2D eigenvalue weighted by molar-refractivity contribution is -0.153. The van der Waals surface area contributed by atoms with Crippen LogP contribution in [-0.2, 0) is 14.8 Å². The van der Waals surface area contributed by atoms with E-state index in [9.17, 15) is 23.1 Å². The van der Waals surface area contributed by atoms with Crippen LogP contribution in [0.15, 0.2) is 47.4 Å². The first kappa shape index (κ1) is 24.1. The molecule has 1 aromatic heterocycles. The van der Waals surface area contributed by atoms with Gasteiger partial charge in [0, 0.05) is 17.9 Å². The molecule has 1 heterocycles. The number of hydrogen-bond acceptors (Lipinski definition) is 7.